The third-order valence-corrected chi connectivity index (χ3v) is 11.1. The minimum Gasteiger partial charge on any atom is -0.456 e. The summed E-state index contributed by atoms with van der Waals surface area (Å²) in [5.41, 5.74) is 13.6. The van der Waals surface area contributed by atoms with E-state index in [4.69, 9.17) is 18.8 Å². The summed E-state index contributed by atoms with van der Waals surface area (Å²) in [5.74, 6) is 0.594. The monoisotopic (exact) mass is 664 g/mol. The van der Waals surface area contributed by atoms with E-state index in [1.54, 1.807) is 0 Å². The number of furan rings is 2. The van der Waals surface area contributed by atoms with Gasteiger partial charge in [0.15, 0.2) is 5.58 Å². The van der Waals surface area contributed by atoms with Crippen LogP contribution in [0.5, 0.6) is 0 Å². The Hall–Kier alpha value is -7.18. The number of aromatic nitrogens is 4. The van der Waals surface area contributed by atoms with Crippen LogP contribution in [0.3, 0.4) is 0 Å². The fourth-order valence-electron chi connectivity index (χ4n) is 8.91. The fourth-order valence-corrected chi connectivity index (χ4v) is 8.91. The molecule has 0 saturated heterocycles. The van der Waals surface area contributed by atoms with E-state index in [-0.39, 0.29) is 0 Å². The van der Waals surface area contributed by atoms with Crippen LogP contribution in [0, 0.1) is 0 Å². The Morgan fingerprint density at radius 3 is 2.00 bits per heavy atom. The van der Waals surface area contributed by atoms with E-state index in [0.717, 1.165) is 77.2 Å². The van der Waals surface area contributed by atoms with Crippen LogP contribution in [0.1, 0.15) is 0 Å². The number of hydrogen-bond donors (Lipinski definition) is 0. The number of rotatable bonds is 3. The van der Waals surface area contributed by atoms with Crippen molar-refractivity contribution in [3.8, 4) is 28.3 Å². The van der Waals surface area contributed by atoms with E-state index < -0.39 is 0 Å². The molecular formula is C46H24N4O2. The first-order chi connectivity index (χ1) is 25.8. The first-order valence-electron chi connectivity index (χ1n) is 17.5. The summed E-state index contributed by atoms with van der Waals surface area (Å²) in [6.07, 6.45) is 0. The topological polar surface area (TPSA) is 61.4 Å². The van der Waals surface area contributed by atoms with Gasteiger partial charge in [-0.3, -0.25) is 4.57 Å². The maximum Gasteiger partial charge on any atom is 0.236 e. The molecule has 0 aliphatic carbocycles. The molecule has 0 fully saturated rings. The number of benzene rings is 7. The van der Waals surface area contributed by atoms with Gasteiger partial charge in [0, 0.05) is 37.9 Å². The van der Waals surface area contributed by atoms with Gasteiger partial charge < -0.3 is 13.2 Å². The smallest absolute Gasteiger partial charge is 0.236 e. The molecule has 0 amide bonds. The Kier molecular flexibility index (Phi) is 4.78. The second-order valence-corrected chi connectivity index (χ2v) is 13.7. The average molecular weight is 665 g/mol. The molecule has 0 spiro atoms. The van der Waals surface area contributed by atoms with Crippen molar-refractivity contribution in [2.75, 3.05) is 0 Å². The molecule has 0 unspecified atom stereocenters. The molecular weight excluding hydrogens is 641 g/mol. The van der Waals surface area contributed by atoms with Gasteiger partial charge in [-0.05, 0) is 59.7 Å². The lowest BCUT2D eigenvalue weighted by molar-refractivity contribution is 0.666. The largest absolute Gasteiger partial charge is 0.456 e. The highest BCUT2D eigenvalue weighted by Gasteiger charge is 2.28. The number of fused-ring (bicyclic) bond motifs is 7. The lowest BCUT2D eigenvalue weighted by Gasteiger charge is -2.10. The first kappa shape index (κ1) is 26.7. The van der Waals surface area contributed by atoms with Crippen LogP contribution in [0.15, 0.2) is 154 Å². The van der Waals surface area contributed by atoms with Gasteiger partial charge in [-0.15, -0.1) is 0 Å². The second-order valence-electron chi connectivity index (χ2n) is 13.7. The minimum absolute atomic E-state index is 0.594. The highest BCUT2D eigenvalue weighted by molar-refractivity contribution is 6.37. The molecule has 13 aromatic rings. The highest BCUT2D eigenvalue weighted by Crippen LogP contribution is 2.48. The molecule has 0 saturated carbocycles. The Bertz CT molecular complexity index is 3570. The zero-order valence-electron chi connectivity index (χ0n) is 27.5. The van der Waals surface area contributed by atoms with Crippen molar-refractivity contribution in [2.45, 2.75) is 0 Å². The van der Waals surface area contributed by atoms with Gasteiger partial charge in [-0.25, -0.2) is 9.97 Å². The average Bonchev–Trinajstić information content (AvgIpc) is 3.93. The summed E-state index contributed by atoms with van der Waals surface area (Å²) < 4.78 is 17.8. The maximum atomic E-state index is 6.57. The fraction of sp³-hybridized carbons (Fsp3) is 0. The van der Waals surface area contributed by atoms with Crippen LogP contribution in [-0.2, 0) is 0 Å². The van der Waals surface area contributed by atoms with Crippen LogP contribution < -0.4 is 0 Å². The summed E-state index contributed by atoms with van der Waals surface area (Å²) in [4.78, 5) is 10.8. The molecule has 13 rings (SSSR count). The van der Waals surface area contributed by atoms with Crippen LogP contribution in [0.4, 0.5) is 0 Å². The van der Waals surface area contributed by atoms with E-state index in [2.05, 4.69) is 130 Å². The predicted octanol–water partition coefficient (Wildman–Crippen LogP) is 12.1. The molecule has 0 atom stereocenters. The van der Waals surface area contributed by atoms with Crippen molar-refractivity contribution >= 4 is 93.1 Å². The Morgan fingerprint density at radius 2 is 1.10 bits per heavy atom. The molecule has 6 heteroatoms. The van der Waals surface area contributed by atoms with Crippen LogP contribution in [0.2, 0.25) is 0 Å². The summed E-state index contributed by atoms with van der Waals surface area (Å²) in [6, 6.07) is 51.0. The lowest BCUT2D eigenvalue weighted by Crippen LogP contribution is -2.03. The summed E-state index contributed by atoms with van der Waals surface area (Å²) >= 11 is 0. The first-order valence-corrected chi connectivity index (χ1v) is 17.5. The molecule has 6 nitrogen and oxygen atoms in total. The Labute approximate surface area is 294 Å². The SMILES string of the molecule is c1ccc(-c2ccc(-c3nc(-n4c5ccc6oc7cccc8c7c6c5c5c4ccc4c6ccccc6n8c45)nc4c3oc3ccccc34)cc2)cc1. The summed E-state index contributed by atoms with van der Waals surface area (Å²) in [7, 11) is 0. The van der Waals surface area contributed by atoms with Gasteiger partial charge in [0.25, 0.3) is 0 Å². The van der Waals surface area contributed by atoms with Gasteiger partial charge in [0.2, 0.25) is 5.95 Å². The van der Waals surface area contributed by atoms with E-state index in [9.17, 15) is 0 Å². The number of hydrogen-bond acceptors (Lipinski definition) is 4. The van der Waals surface area contributed by atoms with Crippen molar-refractivity contribution in [3.05, 3.63) is 146 Å². The maximum absolute atomic E-state index is 6.57. The molecule has 0 aliphatic heterocycles. The minimum atomic E-state index is 0.594. The van der Waals surface area contributed by atoms with Gasteiger partial charge in [0.1, 0.15) is 28.0 Å². The zero-order chi connectivity index (χ0) is 33.7. The third kappa shape index (κ3) is 3.21. The zero-order valence-corrected chi connectivity index (χ0v) is 27.5. The van der Waals surface area contributed by atoms with E-state index in [1.165, 1.54) is 32.8 Å². The molecule has 0 aliphatic rings. The van der Waals surface area contributed by atoms with E-state index in [0.29, 0.717) is 11.5 Å². The van der Waals surface area contributed by atoms with Crippen molar-refractivity contribution in [1.82, 2.24) is 18.9 Å². The number of para-hydroxylation sites is 2. The summed E-state index contributed by atoms with van der Waals surface area (Å²) in [6.45, 7) is 0. The lowest BCUT2D eigenvalue weighted by atomic mass is 10.0. The van der Waals surface area contributed by atoms with Crippen LogP contribution >= 0.6 is 0 Å². The molecule has 7 aromatic carbocycles. The molecule has 240 valence electrons. The van der Waals surface area contributed by atoms with Gasteiger partial charge >= 0.3 is 0 Å². The predicted molar refractivity (Wildman–Crippen MR) is 210 cm³/mol. The van der Waals surface area contributed by atoms with Crippen LogP contribution in [0.25, 0.3) is 121 Å². The molecule has 0 N–H and O–H groups in total. The van der Waals surface area contributed by atoms with Crippen LogP contribution in [-0.4, -0.2) is 18.9 Å². The van der Waals surface area contributed by atoms with E-state index in [1.807, 2.05) is 24.3 Å². The molecule has 52 heavy (non-hydrogen) atoms. The van der Waals surface area contributed by atoms with Gasteiger partial charge in [-0.1, -0.05) is 97.1 Å². The molecule has 0 bridgehead atoms. The molecule has 6 heterocycles. The highest BCUT2D eigenvalue weighted by atomic mass is 16.3. The normalized spacial score (nSPS) is 12.6. The second kappa shape index (κ2) is 9.33. The number of nitrogens with zero attached hydrogens (tertiary/aromatic N) is 4. The Morgan fingerprint density at radius 1 is 0.404 bits per heavy atom. The molecule has 0 radical (unpaired) electrons. The van der Waals surface area contributed by atoms with Gasteiger partial charge in [-0.2, -0.15) is 0 Å². The van der Waals surface area contributed by atoms with Crippen molar-refractivity contribution in [3.63, 3.8) is 0 Å². The van der Waals surface area contributed by atoms with E-state index >= 15 is 0 Å². The molecule has 6 aromatic heterocycles. The third-order valence-electron chi connectivity index (χ3n) is 11.1. The Balaban J connectivity index is 1.19. The van der Waals surface area contributed by atoms with Crippen molar-refractivity contribution in [2.24, 2.45) is 0 Å². The summed E-state index contributed by atoms with van der Waals surface area (Å²) in [5, 5.41) is 7.97. The van der Waals surface area contributed by atoms with Crippen molar-refractivity contribution < 1.29 is 8.83 Å². The standard InChI is InChI=1S/C46H24N4O2/c1-2-9-25(10-3-1)26-17-19-27(20-18-26)42-45-43(30-12-5-7-15-35(30)52-45)48-46(47-42)50-33-23-24-37-41-38-32(14-8-16-36(38)51-37)49-31-13-6-4-11-28(31)29-21-22-34(50)40(39(33)41)44(29)49/h1-24H. The van der Waals surface area contributed by atoms with Gasteiger partial charge in [0.05, 0.1) is 33.0 Å². The quantitative estimate of drug-likeness (QED) is 0.189. The van der Waals surface area contributed by atoms with Crippen molar-refractivity contribution in [1.29, 1.82) is 0 Å².